The number of aromatic nitrogens is 1. The first-order valence-electron chi connectivity index (χ1n) is 10.5. The first-order chi connectivity index (χ1) is 15.7. The van der Waals surface area contributed by atoms with Crippen LogP contribution in [0.2, 0.25) is 5.02 Å². The van der Waals surface area contributed by atoms with Gasteiger partial charge in [-0.1, -0.05) is 35.5 Å². The molecule has 2 aromatic rings. The Morgan fingerprint density at radius 3 is 2.48 bits per heavy atom. The van der Waals surface area contributed by atoms with Gasteiger partial charge in [0, 0.05) is 56.7 Å². The van der Waals surface area contributed by atoms with Crippen molar-refractivity contribution < 1.29 is 14.3 Å². The summed E-state index contributed by atoms with van der Waals surface area (Å²) in [4.78, 5) is 30.3. The van der Waals surface area contributed by atoms with Crippen LogP contribution in [-0.2, 0) is 11.3 Å². The molecule has 1 aliphatic rings. The lowest BCUT2D eigenvalue weighted by Crippen LogP contribution is -2.40. The summed E-state index contributed by atoms with van der Waals surface area (Å²) in [6.07, 6.45) is 2.60. The lowest BCUT2D eigenvalue weighted by molar-refractivity contribution is -0.130. The molecule has 1 fully saturated rings. The quantitative estimate of drug-likeness (QED) is 0.418. The van der Waals surface area contributed by atoms with Crippen molar-refractivity contribution >= 4 is 45.3 Å². The maximum Gasteiger partial charge on any atom is 0.270 e. The van der Waals surface area contributed by atoms with Gasteiger partial charge in [0.1, 0.15) is 22.6 Å². The van der Waals surface area contributed by atoms with Crippen molar-refractivity contribution in [3.63, 3.8) is 0 Å². The molecule has 0 radical (unpaired) electrons. The predicted octanol–water partition coefficient (Wildman–Crippen LogP) is 4.11. The highest BCUT2D eigenvalue weighted by atomic mass is 35.5. The number of likely N-dealkylation sites (tertiary alicyclic amines) is 1. The van der Waals surface area contributed by atoms with Crippen molar-refractivity contribution in [1.29, 1.82) is 10.8 Å². The molecule has 1 saturated heterocycles. The fraction of sp³-hybridized carbons (Fsp3) is 0.348. The third kappa shape index (κ3) is 7.03. The lowest BCUT2D eigenvalue weighted by atomic mass is 10.1. The summed E-state index contributed by atoms with van der Waals surface area (Å²) in [6, 6.07) is 8.72. The number of carbonyl (C=O) groups excluding carboxylic acids is 2. The highest BCUT2D eigenvalue weighted by molar-refractivity contribution is 8.26. The summed E-state index contributed by atoms with van der Waals surface area (Å²) < 4.78 is 6.19. The van der Waals surface area contributed by atoms with Crippen LogP contribution in [0, 0.1) is 10.8 Å². The van der Waals surface area contributed by atoms with Gasteiger partial charge < -0.3 is 15.0 Å². The summed E-state index contributed by atoms with van der Waals surface area (Å²) in [5, 5.41) is 19.8. The van der Waals surface area contributed by atoms with Crippen LogP contribution in [-0.4, -0.2) is 51.0 Å². The average molecular weight is 488 g/mol. The summed E-state index contributed by atoms with van der Waals surface area (Å²) in [5.74, 6) is 0.0502. The molecule has 0 spiro atoms. The van der Waals surface area contributed by atoms with Gasteiger partial charge in [0.25, 0.3) is 5.91 Å². The molecule has 174 valence electrons. The molecule has 33 heavy (non-hydrogen) atoms. The van der Waals surface area contributed by atoms with Crippen LogP contribution in [0.25, 0.3) is 0 Å². The second kappa shape index (κ2) is 11.3. The topological polar surface area (TPSA) is 119 Å². The van der Waals surface area contributed by atoms with Crippen molar-refractivity contribution in [3.8, 4) is 5.75 Å². The van der Waals surface area contributed by atoms with E-state index in [1.165, 1.54) is 12.3 Å². The maximum atomic E-state index is 12.7. The van der Waals surface area contributed by atoms with Gasteiger partial charge in [-0.25, -0.2) is 0 Å². The van der Waals surface area contributed by atoms with Crippen LogP contribution < -0.4 is 10.1 Å². The monoisotopic (exact) mass is 487 g/mol. The minimum atomic E-state index is -0.366. The van der Waals surface area contributed by atoms with E-state index in [1.807, 2.05) is 12.1 Å². The van der Waals surface area contributed by atoms with Crippen molar-refractivity contribution in [3.05, 3.63) is 58.4 Å². The zero-order valence-corrected chi connectivity index (χ0v) is 20.1. The van der Waals surface area contributed by atoms with Crippen LogP contribution in [0.15, 0.2) is 36.5 Å². The molecular weight excluding hydrogens is 462 g/mol. The molecular formula is C23H26ClN5O3S. The zero-order valence-electron chi connectivity index (χ0n) is 18.5. The fourth-order valence-corrected chi connectivity index (χ4v) is 4.08. The SMILES string of the molecule is CC(=N)SC(=N)c1cnc(C(=O)NCc2ccc(Cl)cc2)cc1OC1CCN(C(C)=O)CC1. The van der Waals surface area contributed by atoms with Crippen LogP contribution in [0.5, 0.6) is 5.75 Å². The number of thioether (sulfide) groups is 1. The first kappa shape index (κ1) is 24.7. The van der Waals surface area contributed by atoms with Gasteiger partial charge in [-0.05, 0) is 24.6 Å². The molecule has 1 aliphatic heterocycles. The fourth-order valence-electron chi connectivity index (χ4n) is 3.38. The van der Waals surface area contributed by atoms with Crippen LogP contribution in [0.3, 0.4) is 0 Å². The Kier molecular flexibility index (Phi) is 8.46. The van der Waals surface area contributed by atoms with Gasteiger partial charge in [0.15, 0.2) is 0 Å². The number of amides is 2. The molecule has 1 aromatic heterocycles. The molecule has 0 aliphatic carbocycles. The highest BCUT2D eigenvalue weighted by Crippen LogP contribution is 2.27. The van der Waals surface area contributed by atoms with Crippen molar-refractivity contribution in [1.82, 2.24) is 15.2 Å². The number of carbonyl (C=O) groups is 2. The lowest BCUT2D eigenvalue weighted by Gasteiger charge is -2.32. The van der Waals surface area contributed by atoms with Crippen molar-refractivity contribution in [2.45, 2.75) is 39.3 Å². The summed E-state index contributed by atoms with van der Waals surface area (Å²) in [5.41, 5.74) is 1.50. The molecule has 2 heterocycles. The second-order valence-corrected chi connectivity index (χ2v) is 9.35. The van der Waals surface area contributed by atoms with E-state index < -0.39 is 0 Å². The maximum absolute atomic E-state index is 12.7. The molecule has 0 saturated carbocycles. The number of nitrogens with zero attached hydrogens (tertiary/aromatic N) is 2. The number of ether oxygens (including phenoxy) is 1. The standard InChI is InChI=1S/C23H26ClN5O3S/c1-14(25)33-22(26)19-13-27-20(23(31)28-12-16-3-5-17(24)6-4-16)11-21(19)32-18-7-9-29(10-8-18)15(2)30/h3-6,11,13,18,25-26H,7-10,12H2,1-2H3,(H,28,31). The van der Waals surface area contributed by atoms with E-state index in [-0.39, 0.29) is 33.7 Å². The summed E-state index contributed by atoms with van der Waals surface area (Å²) in [6.45, 7) is 4.66. The number of halogens is 1. The van der Waals surface area contributed by atoms with Gasteiger partial charge in [0.2, 0.25) is 5.91 Å². The van der Waals surface area contributed by atoms with E-state index in [0.717, 1.165) is 17.3 Å². The Hall–Kier alpha value is -2.91. The van der Waals surface area contributed by atoms with Gasteiger partial charge in [-0.3, -0.25) is 25.4 Å². The Morgan fingerprint density at radius 1 is 1.21 bits per heavy atom. The molecule has 3 N–H and O–H groups in total. The summed E-state index contributed by atoms with van der Waals surface area (Å²) in [7, 11) is 0. The molecule has 1 aromatic carbocycles. The van der Waals surface area contributed by atoms with Crippen molar-refractivity contribution in [2.75, 3.05) is 13.1 Å². The smallest absolute Gasteiger partial charge is 0.270 e. The number of hydrogen-bond donors (Lipinski definition) is 3. The minimum absolute atomic E-state index is 0.0392. The minimum Gasteiger partial charge on any atom is -0.489 e. The second-order valence-electron chi connectivity index (χ2n) is 7.69. The van der Waals surface area contributed by atoms with Gasteiger partial charge in [0.05, 0.1) is 10.6 Å². The van der Waals surface area contributed by atoms with Gasteiger partial charge in [-0.15, -0.1) is 0 Å². The Balaban J connectivity index is 1.76. The van der Waals surface area contributed by atoms with Crippen LogP contribution >= 0.6 is 23.4 Å². The number of pyridine rings is 1. The number of benzene rings is 1. The van der Waals surface area contributed by atoms with E-state index >= 15 is 0 Å². The molecule has 10 heteroatoms. The van der Waals surface area contributed by atoms with E-state index in [1.54, 1.807) is 30.9 Å². The largest absolute Gasteiger partial charge is 0.489 e. The Bertz CT molecular complexity index is 1050. The average Bonchev–Trinajstić information content (AvgIpc) is 2.78. The zero-order chi connectivity index (χ0) is 24.0. The number of piperidine rings is 1. The van der Waals surface area contributed by atoms with Crippen molar-refractivity contribution in [2.24, 2.45) is 0 Å². The van der Waals surface area contributed by atoms with Gasteiger partial charge >= 0.3 is 0 Å². The van der Waals surface area contributed by atoms with E-state index in [0.29, 0.717) is 48.8 Å². The summed E-state index contributed by atoms with van der Waals surface area (Å²) >= 11 is 6.89. The number of nitrogens with one attached hydrogen (secondary N) is 3. The molecule has 0 atom stereocenters. The molecule has 2 amide bonds. The highest BCUT2D eigenvalue weighted by Gasteiger charge is 2.24. The third-order valence-electron chi connectivity index (χ3n) is 5.15. The third-order valence-corrected chi connectivity index (χ3v) is 6.13. The van der Waals surface area contributed by atoms with Crippen LogP contribution in [0.4, 0.5) is 0 Å². The van der Waals surface area contributed by atoms with E-state index in [4.69, 9.17) is 27.2 Å². The van der Waals surface area contributed by atoms with Crippen LogP contribution in [0.1, 0.15) is 48.3 Å². The Labute approximate surface area is 202 Å². The van der Waals surface area contributed by atoms with E-state index in [2.05, 4.69) is 10.3 Å². The molecule has 0 bridgehead atoms. The molecule has 0 unspecified atom stereocenters. The molecule has 3 rings (SSSR count). The predicted molar refractivity (Wildman–Crippen MR) is 131 cm³/mol. The first-order valence-corrected chi connectivity index (χ1v) is 11.7. The van der Waals surface area contributed by atoms with Gasteiger partial charge in [-0.2, -0.15) is 0 Å². The number of hydrogen-bond acceptors (Lipinski definition) is 7. The van der Waals surface area contributed by atoms with E-state index in [9.17, 15) is 9.59 Å². The molecule has 8 nitrogen and oxygen atoms in total. The number of rotatable bonds is 6. The normalized spacial score (nSPS) is 14.0. The Morgan fingerprint density at radius 2 is 1.88 bits per heavy atom.